The summed E-state index contributed by atoms with van der Waals surface area (Å²) in [5.41, 5.74) is 2.59. The van der Waals surface area contributed by atoms with Crippen LogP contribution in [-0.4, -0.2) is 123 Å². The number of allylic oxidation sites excluding steroid dienone is 2. The average Bonchev–Trinajstić information content (AvgIpc) is 3.91. The number of hydrogen-bond donors (Lipinski definition) is 0. The van der Waals surface area contributed by atoms with Crippen LogP contribution in [0, 0.1) is 11.8 Å². The van der Waals surface area contributed by atoms with Gasteiger partial charge in [-0.1, -0.05) is 26.0 Å². The predicted octanol–water partition coefficient (Wildman–Crippen LogP) is 4.72. The molecule has 0 spiro atoms. The summed E-state index contributed by atoms with van der Waals surface area (Å²) in [5.74, 6) is 1.24. The van der Waals surface area contributed by atoms with Gasteiger partial charge in [-0.2, -0.15) is 0 Å². The molecule has 4 aliphatic rings. The molecule has 2 atom stereocenters. The van der Waals surface area contributed by atoms with Crippen molar-refractivity contribution >= 4 is 88.9 Å². The Bertz CT molecular complexity index is 1340. The maximum atomic E-state index is 13.2. The van der Waals surface area contributed by atoms with Crippen molar-refractivity contribution in [2.24, 2.45) is 11.8 Å². The Kier molecular flexibility index (Phi) is 11.9. The van der Waals surface area contributed by atoms with Gasteiger partial charge in [-0.15, -0.1) is 0 Å². The summed E-state index contributed by atoms with van der Waals surface area (Å²) >= 11 is 0. The van der Waals surface area contributed by atoms with E-state index in [2.05, 4.69) is 9.97 Å². The molecule has 0 unspecified atom stereocenters. The molecule has 44 heavy (non-hydrogen) atoms. The van der Waals surface area contributed by atoms with Gasteiger partial charge < -0.3 is 18.9 Å². The van der Waals surface area contributed by atoms with Gasteiger partial charge >= 0.3 is 77.5 Å². The van der Waals surface area contributed by atoms with Crippen LogP contribution in [0.4, 0.5) is 14.4 Å². The number of pyridine rings is 2. The summed E-state index contributed by atoms with van der Waals surface area (Å²) in [7, 11) is 0. The minimum absolute atomic E-state index is 0. The van der Waals surface area contributed by atoms with E-state index in [-0.39, 0.29) is 83.2 Å². The fourth-order valence-electron chi connectivity index (χ4n) is 4.96. The molecule has 2 aromatic rings. The number of aromatic nitrogens is 2. The van der Waals surface area contributed by atoms with Crippen LogP contribution >= 0.6 is 0 Å². The second-order valence-electron chi connectivity index (χ2n) is 11.5. The Morgan fingerprint density at radius 1 is 0.705 bits per heavy atom. The van der Waals surface area contributed by atoms with Crippen LogP contribution in [0.2, 0.25) is 0 Å². The topological polar surface area (TPSA) is 120 Å². The molecule has 0 aromatic carbocycles. The molecular formula is C31H36N4Na2O7. The molecule has 4 heterocycles. The Labute approximate surface area is 300 Å². The van der Waals surface area contributed by atoms with Crippen molar-refractivity contribution in [2.45, 2.75) is 64.6 Å². The first-order valence-electron chi connectivity index (χ1n) is 14.5. The summed E-state index contributed by atoms with van der Waals surface area (Å²) in [4.78, 5) is 50.4. The monoisotopic (exact) mass is 622 g/mol. The molecule has 0 N–H and O–H groups in total. The number of carbonyl (C=O) groups is 3. The number of nitrogens with zero attached hydrogens (tertiary/aromatic N) is 4. The molecule has 0 saturated heterocycles. The quantitative estimate of drug-likeness (QED) is 0.256. The Morgan fingerprint density at radius 2 is 1.11 bits per heavy atom. The van der Waals surface area contributed by atoms with E-state index in [0.717, 1.165) is 38.5 Å². The first-order valence-corrected chi connectivity index (χ1v) is 14.5. The van der Waals surface area contributed by atoms with E-state index in [0.29, 0.717) is 47.4 Å². The summed E-state index contributed by atoms with van der Waals surface area (Å²) in [5, 5.41) is 0. The van der Waals surface area contributed by atoms with E-state index >= 15 is 0 Å². The van der Waals surface area contributed by atoms with Crippen LogP contribution in [0.3, 0.4) is 0 Å². The molecule has 0 bridgehead atoms. The van der Waals surface area contributed by atoms with Crippen LogP contribution in [-0.2, 0) is 9.47 Å². The number of ether oxygens (including phenoxy) is 4. The number of carbonyl (C=O) groups excluding carboxylic acids is 3. The van der Waals surface area contributed by atoms with Gasteiger partial charge in [0, 0.05) is 48.7 Å². The summed E-state index contributed by atoms with van der Waals surface area (Å²) in [6.07, 6.45) is 9.68. The average molecular weight is 623 g/mol. The first kappa shape index (κ1) is 34.5. The molecule has 0 radical (unpaired) electrons. The molecule has 13 heteroatoms. The third kappa shape index (κ3) is 8.86. The van der Waals surface area contributed by atoms with Crippen LogP contribution in [0.5, 0.6) is 11.8 Å². The predicted molar refractivity (Wildman–Crippen MR) is 165 cm³/mol. The second-order valence-corrected chi connectivity index (χ2v) is 11.5. The van der Waals surface area contributed by atoms with Crippen molar-refractivity contribution in [1.29, 1.82) is 0 Å². The fraction of sp³-hybridized carbons (Fsp3) is 0.452. The standard InChI is InChI=1S/C31H34N4O7.2Na.2H/c1-19-3-9-25(21-11-13-32-27(15-21)39-23-5-6-23)34(17-19)29(36)41-31(38)42-30(37)35-18-20(2)4-10-26(35)22-12-14-33-28(16-22)40-24-7-8-24;;;;/h9-16,19-20,23-24H,3-8,17-18H2,1-2H3;;;;/t19-,20-;;;;/m0..../s1. The van der Waals surface area contributed by atoms with Gasteiger partial charge in [0.15, 0.2) is 0 Å². The van der Waals surface area contributed by atoms with Crippen LogP contribution in [0.1, 0.15) is 63.5 Å². The number of rotatable bonds is 6. The Balaban J connectivity index is 0.00000221. The van der Waals surface area contributed by atoms with Gasteiger partial charge in [0.1, 0.15) is 12.2 Å². The number of hydrogen-bond acceptors (Lipinski definition) is 9. The normalized spacial score (nSPS) is 21.0. The van der Waals surface area contributed by atoms with Crippen molar-refractivity contribution in [3.63, 3.8) is 0 Å². The summed E-state index contributed by atoms with van der Waals surface area (Å²) < 4.78 is 21.7. The van der Waals surface area contributed by atoms with Crippen molar-refractivity contribution in [1.82, 2.24) is 19.8 Å². The van der Waals surface area contributed by atoms with Gasteiger partial charge in [0.05, 0.1) is 11.4 Å². The Morgan fingerprint density at radius 3 is 1.50 bits per heavy atom. The van der Waals surface area contributed by atoms with E-state index in [4.69, 9.17) is 18.9 Å². The van der Waals surface area contributed by atoms with Crippen molar-refractivity contribution < 1.29 is 33.3 Å². The van der Waals surface area contributed by atoms with Crippen LogP contribution < -0.4 is 9.47 Å². The molecular weight excluding hydrogens is 586 g/mol. The SMILES string of the molecule is C[C@H]1CC=C(c2ccnc(OC3CC3)c2)N(C(=O)OC(=O)OC(=O)N2C[C@@H](C)CC=C2c2ccnc(OC3CC3)c2)C1.[NaH].[NaH]. The molecule has 224 valence electrons. The molecule has 2 aliphatic carbocycles. The molecule has 2 fully saturated rings. The van der Waals surface area contributed by atoms with Crippen LogP contribution in [0.15, 0.2) is 48.8 Å². The van der Waals surface area contributed by atoms with Crippen LogP contribution in [0.25, 0.3) is 11.4 Å². The zero-order valence-corrected chi connectivity index (χ0v) is 23.7. The van der Waals surface area contributed by atoms with Gasteiger partial charge in [-0.3, -0.25) is 9.80 Å². The van der Waals surface area contributed by atoms with E-state index in [1.165, 1.54) is 9.80 Å². The van der Waals surface area contributed by atoms with E-state index in [1.807, 2.05) is 26.0 Å². The van der Waals surface area contributed by atoms with Crippen molar-refractivity contribution in [3.8, 4) is 11.8 Å². The van der Waals surface area contributed by atoms with Gasteiger partial charge in [-0.25, -0.2) is 24.4 Å². The summed E-state index contributed by atoms with van der Waals surface area (Å²) in [6.45, 7) is 4.65. The zero-order valence-electron chi connectivity index (χ0n) is 23.7. The van der Waals surface area contributed by atoms with Gasteiger partial charge in [-0.05, 0) is 62.5 Å². The van der Waals surface area contributed by atoms with E-state index < -0.39 is 18.3 Å². The van der Waals surface area contributed by atoms with Gasteiger partial charge in [0.25, 0.3) is 0 Å². The zero-order chi connectivity index (χ0) is 29.2. The summed E-state index contributed by atoms with van der Waals surface area (Å²) in [6, 6.07) is 7.09. The van der Waals surface area contributed by atoms with Crippen molar-refractivity contribution in [2.75, 3.05) is 13.1 Å². The third-order valence-electron chi connectivity index (χ3n) is 7.46. The molecule has 2 saturated carbocycles. The molecule has 11 nitrogen and oxygen atoms in total. The van der Waals surface area contributed by atoms with Gasteiger partial charge in [0.2, 0.25) is 11.8 Å². The third-order valence-corrected chi connectivity index (χ3v) is 7.46. The minimum atomic E-state index is -1.39. The molecule has 2 amide bonds. The molecule has 2 aliphatic heterocycles. The molecule has 6 rings (SSSR count). The Hall–Kier alpha value is -2.41. The van der Waals surface area contributed by atoms with Crippen molar-refractivity contribution in [3.05, 3.63) is 59.9 Å². The maximum absolute atomic E-state index is 13.2. The fourth-order valence-corrected chi connectivity index (χ4v) is 4.96. The van der Waals surface area contributed by atoms with E-state index in [9.17, 15) is 14.4 Å². The van der Waals surface area contributed by atoms with E-state index in [1.54, 1.807) is 36.7 Å². The second kappa shape index (κ2) is 15.2. The first-order chi connectivity index (χ1) is 20.3. The molecule has 2 aromatic heterocycles. The number of amides is 2.